The van der Waals surface area contributed by atoms with Gasteiger partial charge in [0.05, 0.1) is 16.0 Å². The van der Waals surface area contributed by atoms with Gasteiger partial charge in [-0.2, -0.15) is 0 Å². The number of nitrogens with zero attached hydrogens (tertiary/aromatic N) is 3. The zero-order valence-electron chi connectivity index (χ0n) is 15.6. The lowest BCUT2D eigenvalue weighted by Gasteiger charge is -2.08. The minimum absolute atomic E-state index is 0.107. The molecule has 0 saturated carbocycles. The Morgan fingerprint density at radius 2 is 1.83 bits per heavy atom. The smallest absolute Gasteiger partial charge is 0.178 e. The van der Waals surface area contributed by atoms with Crippen molar-refractivity contribution < 1.29 is 13.5 Å². The van der Waals surface area contributed by atoms with Gasteiger partial charge in [0.15, 0.2) is 15.5 Å². The van der Waals surface area contributed by atoms with E-state index in [2.05, 4.69) is 9.97 Å². The van der Waals surface area contributed by atoms with Gasteiger partial charge in [-0.3, -0.25) is 0 Å². The molecule has 8 heteroatoms. The predicted octanol–water partition coefficient (Wildman–Crippen LogP) is 2.83. The largest absolute Gasteiger partial charge is 0.396 e. The summed E-state index contributed by atoms with van der Waals surface area (Å²) < 4.78 is 26.9. The Labute approximate surface area is 168 Å². The van der Waals surface area contributed by atoms with Crippen molar-refractivity contribution in [3.05, 3.63) is 67.1 Å². The summed E-state index contributed by atoms with van der Waals surface area (Å²) in [5.74, 6) is 0.253. The predicted molar refractivity (Wildman–Crippen MR) is 112 cm³/mol. The van der Waals surface area contributed by atoms with E-state index >= 15 is 0 Å². The zero-order valence-corrected chi connectivity index (χ0v) is 16.4. The molecule has 0 aliphatic carbocycles. The SMILES string of the molecule is Nc1ncnc2c1c(-c1ccccc1)cn2-c1cccc(S(=O)(=O)CCCO)c1. The Hall–Kier alpha value is -3.23. The highest BCUT2D eigenvalue weighted by Gasteiger charge is 2.18. The minimum Gasteiger partial charge on any atom is -0.396 e. The van der Waals surface area contributed by atoms with Crippen molar-refractivity contribution in [2.24, 2.45) is 0 Å². The fourth-order valence-electron chi connectivity index (χ4n) is 3.32. The van der Waals surface area contributed by atoms with Gasteiger partial charge in [0.25, 0.3) is 0 Å². The van der Waals surface area contributed by atoms with Gasteiger partial charge in [0, 0.05) is 24.1 Å². The van der Waals surface area contributed by atoms with E-state index in [4.69, 9.17) is 10.8 Å². The van der Waals surface area contributed by atoms with Gasteiger partial charge in [0.2, 0.25) is 0 Å². The van der Waals surface area contributed by atoms with Crippen LogP contribution in [0.15, 0.2) is 72.0 Å². The molecule has 2 aromatic heterocycles. The lowest BCUT2D eigenvalue weighted by molar-refractivity contribution is 0.295. The molecule has 0 aliphatic rings. The van der Waals surface area contributed by atoms with Gasteiger partial charge in [-0.05, 0) is 30.2 Å². The van der Waals surface area contributed by atoms with Gasteiger partial charge < -0.3 is 15.4 Å². The topological polar surface area (TPSA) is 111 Å². The first kappa shape index (κ1) is 19.1. The molecule has 2 heterocycles. The Morgan fingerprint density at radius 1 is 1.03 bits per heavy atom. The van der Waals surface area contributed by atoms with Crippen molar-refractivity contribution in [2.75, 3.05) is 18.1 Å². The quantitative estimate of drug-likeness (QED) is 0.507. The third-order valence-electron chi connectivity index (χ3n) is 4.72. The van der Waals surface area contributed by atoms with Crippen molar-refractivity contribution in [1.82, 2.24) is 14.5 Å². The second-order valence-corrected chi connectivity index (χ2v) is 8.74. The van der Waals surface area contributed by atoms with E-state index in [1.54, 1.807) is 18.2 Å². The summed E-state index contributed by atoms with van der Waals surface area (Å²) in [5.41, 5.74) is 9.24. The number of hydrogen-bond acceptors (Lipinski definition) is 6. The van der Waals surface area contributed by atoms with Crippen LogP contribution in [0, 0.1) is 0 Å². The van der Waals surface area contributed by atoms with Crippen molar-refractivity contribution in [3.8, 4) is 16.8 Å². The molecule has 0 amide bonds. The van der Waals surface area contributed by atoms with E-state index in [0.29, 0.717) is 22.5 Å². The Kier molecular flexibility index (Phi) is 5.04. The maximum Gasteiger partial charge on any atom is 0.178 e. The van der Waals surface area contributed by atoms with Crippen LogP contribution in [0.5, 0.6) is 0 Å². The average Bonchev–Trinajstić information content (AvgIpc) is 3.14. The van der Waals surface area contributed by atoms with E-state index in [1.807, 2.05) is 47.2 Å². The fraction of sp³-hybridized carbons (Fsp3) is 0.143. The number of anilines is 1. The molecule has 4 rings (SSSR count). The molecule has 7 nitrogen and oxygen atoms in total. The van der Waals surface area contributed by atoms with Crippen molar-refractivity contribution in [3.63, 3.8) is 0 Å². The van der Waals surface area contributed by atoms with Crippen molar-refractivity contribution in [2.45, 2.75) is 11.3 Å². The highest BCUT2D eigenvalue weighted by Crippen LogP contribution is 2.34. The monoisotopic (exact) mass is 408 g/mol. The summed E-state index contributed by atoms with van der Waals surface area (Å²) in [6, 6.07) is 16.4. The molecule has 0 aliphatic heterocycles. The third kappa shape index (κ3) is 3.59. The number of hydrogen-bond donors (Lipinski definition) is 2. The molecule has 29 heavy (non-hydrogen) atoms. The van der Waals surface area contributed by atoms with Crippen LogP contribution in [0.1, 0.15) is 6.42 Å². The second kappa shape index (κ2) is 7.65. The maximum absolute atomic E-state index is 12.6. The number of rotatable bonds is 6. The number of aliphatic hydroxyl groups excluding tert-OH is 1. The lowest BCUT2D eigenvalue weighted by Crippen LogP contribution is -2.09. The van der Waals surface area contributed by atoms with Gasteiger partial charge in [-0.1, -0.05) is 36.4 Å². The van der Waals surface area contributed by atoms with Crippen LogP contribution in [-0.4, -0.2) is 40.4 Å². The number of benzene rings is 2. The summed E-state index contributed by atoms with van der Waals surface area (Å²) in [4.78, 5) is 8.72. The highest BCUT2D eigenvalue weighted by molar-refractivity contribution is 7.91. The normalized spacial score (nSPS) is 11.8. The van der Waals surface area contributed by atoms with Gasteiger partial charge in [-0.25, -0.2) is 18.4 Å². The van der Waals surface area contributed by atoms with Crippen LogP contribution >= 0.6 is 0 Å². The van der Waals surface area contributed by atoms with Crippen molar-refractivity contribution in [1.29, 1.82) is 0 Å². The molecule has 3 N–H and O–H groups in total. The van der Waals surface area contributed by atoms with Gasteiger partial charge >= 0.3 is 0 Å². The second-order valence-electron chi connectivity index (χ2n) is 6.63. The Morgan fingerprint density at radius 3 is 2.59 bits per heavy atom. The third-order valence-corrected chi connectivity index (χ3v) is 6.52. The number of nitrogens with two attached hydrogens (primary N) is 1. The first-order valence-corrected chi connectivity index (χ1v) is 10.8. The van der Waals surface area contributed by atoms with Gasteiger partial charge in [-0.15, -0.1) is 0 Å². The van der Waals surface area contributed by atoms with Gasteiger partial charge in [0.1, 0.15) is 12.1 Å². The molecular weight excluding hydrogens is 388 g/mol. The van der Waals surface area contributed by atoms with Crippen LogP contribution in [0.25, 0.3) is 27.8 Å². The summed E-state index contributed by atoms with van der Waals surface area (Å²) in [6.07, 6.45) is 3.48. The van der Waals surface area contributed by atoms with E-state index in [9.17, 15) is 8.42 Å². The molecule has 0 bridgehead atoms. The Bertz CT molecular complexity index is 1270. The summed E-state index contributed by atoms with van der Waals surface area (Å²) in [7, 11) is -3.49. The van der Waals surface area contributed by atoms with Crippen LogP contribution in [-0.2, 0) is 9.84 Å². The molecule has 4 aromatic rings. The molecular formula is C21H20N4O3S. The number of sulfone groups is 1. The molecule has 148 valence electrons. The van der Waals surface area contributed by atoms with Crippen LogP contribution in [0.4, 0.5) is 5.82 Å². The number of aromatic nitrogens is 3. The molecule has 0 saturated heterocycles. The zero-order chi connectivity index (χ0) is 20.4. The molecule has 0 spiro atoms. The molecule has 2 aromatic carbocycles. The average molecular weight is 408 g/mol. The molecule has 0 atom stereocenters. The fourth-order valence-corrected chi connectivity index (χ4v) is 4.65. The number of nitrogen functional groups attached to an aromatic ring is 1. The van der Waals surface area contributed by atoms with Crippen molar-refractivity contribution >= 4 is 26.7 Å². The maximum atomic E-state index is 12.6. The first-order valence-electron chi connectivity index (χ1n) is 9.12. The van der Waals surface area contributed by atoms with Crippen LogP contribution in [0.3, 0.4) is 0 Å². The summed E-state index contributed by atoms with van der Waals surface area (Å²) >= 11 is 0. The number of fused-ring (bicyclic) bond motifs is 1. The van der Waals surface area contributed by atoms with E-state index < -0.39 is 9.84 Å². The van der Waals surface area contributed by atoms with Crippen LogP contribution < -0.4 is 5.73 Å². The summed E-state index contributed by atoms with van der Waals surface area (Å²) in [5, 5.41) is 9.68. The summed E-state index contributed by atoms with van der Waals surface area (Å²) in [6.45, 7) is -0.169. The first-order chi connectivity index (χ1) is 14.0. The molecule has 0 radical (unpaired) electrons. The Balaban J connectivity index is 1.90. The van der Waals surface area contributed by atoms with E-state index in [0.717, 1.165) is 11.1 Å². The van der Waals surface area contributed by atoms with E-state index in [-0.39, 0.29) is 23.7 Å². The van der Waals surface area contributed by atoms with Crippen LogP contribution in [0.2, 0.25) is 0 Å². The molecule has 0 unspecified atom stereocenters. The number of aliphatic hydroxyl groups is 1. The molecule has 0 fully saturated rings. The lowest BCUT2D eigenvalue weighted by atomic mass is 10.1. The van der Waals surface area contributed by atoms with E-state index in [1.165, 1.54) is 6.33 Å². The highest BCUT2D eigenvalue weighted by atomic mass is 32.2. The standard InChI is InChI=1S/C21H20N4O3S/c22-20-19-18(15-6-2-1-3-7-15)13-25(21(19)24-14-23-20)16-8-4-9-17(12-16)29(27,28)11-5-10-26/h1-4,6-9,12-14,26H,5,10-11H2,(H2,22,23,24). The minimum atomic E-state index is -3.49.